The van der Waals surface area contributed by atoms with Crippen LogP contribution in [0.5, 0.6) is 0 Å². The Hall–Kier alpha value is -2.15. The number of allylic oxidation sites excluding steroid dienone is 1. The van der Waals surface area contributed by atoms with Gasteiger partial charge in [-0.2, -0.15) is 0 Å². The summed E-state index contributed by atoms with van der Waals surface area (Å²) in [5.74, 6) is -2.42. The van der Waals surface area contributed by atoms with Crippen LogP contribution >= 0.6 is 0 Å². The molecule has 2 rings (SSSR count). The summed E-state index contributed by atoms with van der Waals surface area (Å²) in [6, 6.07) is 0. The Bertz CT molecular complexity index is 649. The lowest BCUT2D eigenvalue weighted by Gasteiger charge is -2.26. The number of amides is 2. The first-order valence-electron chi connectivity index (χ1n) is 10.5. The smallest absolute Gasteiger partial charge is 0.332 e. The lowest BCUT2D eigenvalue weighted by atomic mass is 9.93. The maximum absolute atomic E-state index is 13.0. The molecule has 0 heterocycles. The molecule has 5 atom stereocenters. The number of hydrogen-bond donors (Lipinski definition) is 2. The van der Waals surface area contributed by atoms with E-state index in [9.17, 15) is 19.5 Å². The normalized spacial score (nSPS) is 30.3. The maximum atomic E-state index is 13.0. The zero-order chi connectivity index (χ0) is 21.6. The van der Waals surface area contributed by atoms with Crippen molar-refractivity contribution in [3.8, 4) is 0 Å². The quantitative estimate of drug-likeness (QED) is 0.310. The Balaban J connectivity index is 2.04. The second-order valence-electron chi connectivity index (χ2n) is 8.11. The number of aliphatic hydroxyl groups is 1. The molecule has 0 saturated heterocycles. The number of hydrogen-bond acceptors (Lipinski definition) is 5. The van der Waals surface area contributed by atoms with Crippen LogP contribution in [0.4, 0.5) is 0 Å². The Morgan fingerprint density at radius 3 is 2.52 bits per heavy atom. The minimum absolute atomic E-state index is 0.137. The summed E-state index contributed by atoms with van der Waals surface area (Å²) in [5, 5.41) is 13.0. The summed E-state index contributed by atoms with van der Waals surface area (Å²) in [7, 11) is 1.73. The fraction of sp³-hybridized carbons (Fsp3) is 0.682. The Morgan fingerprint density at radius 2 is 1.93 bits per heavy atom. The first-order valence-corrected chi connectivity index (χ1v) is 10.5. The zero-order valence-corrected chi connectivity index (χ0v) is 17.6. The molecule has 2 amide bonds. The van der Waals surface area contributed by atoms with Crippen molar-refractivity contribution in [2.45, 2.75) is 57.1 Å². The molecule has 0 unspecified atom stereocenters. The van der Waals surface area contributed by atoms with Gasteiger partial charge in [-0.15, -0.1) is 13.2 Å². The van der Waals surface area contributed by atoms with Gasteiger partial charge in [-0.1, -0.05) is 12.2 Å². The second kappa shape index (κ2) is 10.1. The van der Waals surface area contributed by atoms with Crippen LogP contribution in [0.15, 0.2) is 25.3 Å². The predicted octanol–water partition coefficient (Wildman–Crippen LogP) is 1.81. The molecule has 0 aromatic carbocycles. The number of nitrogens with zero attached hydrogens (tertiary/aromatic N) is 1. The Morgan fingerprint density at radius 1 is 1.24 bits per heavy atom. The molecule has 2 aliphatic carbocycles. The van der Waals surface area contributed by atoms with E-state index in [0.29, 0.717) is 13.0 Å². The van der Waals surface area contributed by atoms with Crippen LogP contribution in [-0.2, 0) is 19.1 Å². The van der Waals surface area contributed by atoms with Crippen LogP contribution in [-0.4, -0.2) is 59.6 Å². The molecular formula is C22H34N2O5. The van der Waals surface area contributed by atoms with Crippen molar-refractivity contribution >= 4 is 17.8 Å². The SMILES string of the molecule is C=CCCCCN(C)C(=O)[C@@H]1C[C@@H](O)C[C@H]1C(=O)N[C@]1(C(=O)OCC)C[C@H]1C=C. The van der Waals surface area contributed by atoms with Gasteiger partial charge in [-0.3, -0.25) is 9.59 Å². The highest BCUT2D eigenvalue weighted by atomic mass is 16.5. The molecule has 0 bridgehead atoms. The van der Waals surface area contributed by atoms with Crippen LogP contribution in [0.25, 0.3) is 0 Å². The summed E-state index contributed by atoms with van der Waals surface area (Å²) in [6.45, 7) is 9.94. The first kappa shape index (κ1) is 23.1. The first-order chi connectivity index (χ1) is 13.8. The molecule has 0 aromatic rings. The molecule has 29 heavy (non-hydrogen) atoms. The molecule has 0 spiro atoms. The summed E-state index contributed by atoms with van der Waals surface area (Å²) in [5.41, 5.74) is -1.09. The van der Waals surface area contributed by atoms with Gasteiger partial charge >= 0.3 is 5.97 Å². The largest absolute Gasteiger partial charge is 0.464 e. The highest BCUT2D eigenvalue weighted by molar-refractivity contribution is 5.94. The van der Waals surface area contributed by atoms with E-state index in [2.05, 4.69) is 18.5 Å². The van der Waals surface area contributed by atoms with Gasteiger partial charge in [0.1, 0.15) is 5.54 Å². The third kappa shape index (κ3) is 5.26. The lowest BCUT2D eigenvalue weighted by Crippen LogP contribution is -2.50. The number of rotatable bonds is 11. The molecule has 162 valence electrons. The number of nitrogens with one attached hydrogen (secondary N) is 1. The monoisotopic (exact) mass is 406 g/mol. The average molecular weight is 407 g/mol. The fourth-order valence-corrected chi connectivity index (χ4v) is 4.18. The van der Waals surface area contributed by atoms with E-state index in [0.717, 1.165) is 19.3 Å². The summed E-state index contributed by atoms with van der Waals surface area (Å²) < 4.78 is 5.13. The van der Waals surface area contributed by atoms with Gasteiger partial charge in [-0.25, -0.2) is 4.79 Å². The highest BCUT2D eigenvalue weighted by Crippen LogP contribution is 2.46. The highest BCUT2D eigenvalue weighted by Gasteiger charge is 2.62. The van der Waals surface area contributed by atoms with Crippen LogP contribution in [0, 0.1) is 17.8 Å². The van der Waals surface area contributed by atoms with Crippen LogP contribution < -0.4 is 5.32 Å². The van der Waals surface area contributed by atoms with Crippen molar-refractivity contribution in [3.63, 3.8) is 0 Å². The van der Waals surface area contributed by atoms with Crippen molar-refractivity contribution in [2.75, 3.05) is 20.2 Å². The zero-order valence-electron chi connectivity index (χ0n) is 17.6. The van der Waals surface area contributed by atoms with E-state index in [-0.39, 0.29) is 37.2 Å². The molecule has 7 heteroatoms. The summed E-state index contributed by atoms with van der Waals surface area (Å²) >= 11 is 0. The molecule has 7 nitrogen and oxygen atoms in total. The molecule has 0 radical (unpaired) electrons. The Kier molecular flexibility index (Phi) is 8.02. The third-order valence-corrected chi connectivity index (χ3v) is 6.00. The predicted molar refractivity (Wildman–Crippen MR) is 110 cm³/mol. The third-order valence-electron chi connectivity index (χ3n) is 6.00. The number of ether oxygens (including phenoxy) is 1. The average Bonchev–Trinajstić information content (AvgIpc) is 3.27. The minimum Gasteiger partial charge on any atom is -0.464 e. The van der Waals surface area contributed by atoms with E-state index >= 15 is 0 Å². The van der Waals surface area contributed by atoms with Crippen LogP contribution in [0.3, 0.4) is 0 Å². The number of carbonyl (C=O) groups excluding carboxylic acids is 3. The van der Waals surface area contributed by atoms with Crippen LogP contribution in [0.1, 0.15) is 45.4 Å². The topological polar surface area (TPSA) is 95.9 Å². The number of esters is 1. The van der Waals surface area contributed by atoms with Gasteiger partial charge in [0, 0.05) is 19.5 Å². The number of unbranched alkanes of at least 4 members (excludes halogenated alkanes) is 2. The fourth-order valence-electron chi connectivity index (χ4n) is 4.18. The minimum atomic E-state index is -1.09. The van der Waals surface area contributed by atoms with E-state index in [4.69, 9.17) is 4.74 Å². The van der Waals surface area contributed by atoms with Gasteiger partial charge in [0.15, 0.2) is 0 Å². The maximum Gasteiger partial charge on any atom is 0.332 e. The van der Waals surface area contributed by atoms with Crippen LogP contribution in [0.2, 0.25) is 0 Å². The van der Waals surface area contributed by atoms with Crippen molar-refractivity contribution < 1.29 is 24.2 Å². The van der Waals surface area contributed by atoms with E-state index in [1.54, 1.807) is 24.9 Å². The van der Waals surface area contributed by atoms with Crippen molar-refractivity contribution in [2.24, 2.45) is 17.8 Å². The summed E-state index contributed by atoms with van der Waals surface area (Å²) in [6.07, 6.45) is 6.39. The van der Waals surface area contributed by atoms with E-state index in [1.165, 1.54) is 0 Å². The molecule has 0 aromatic heterocycles. The molecule has 2 saturated carbocycles. The number of aliphatic hydroxyl groups excluding tert-OH is 1. The van der Waals surface area contributed by atoms with Crippen molar-refractivity contribution in [3.05, 3.63) is 25.3 Å². The summed E-state index contributed by atoms with van der Waals surface area (Å²) in [4.78, 5) is 39.9. The van der Waals surface area contributed by atoms with Gasteiger partial charge in [-0.05, 0) is 45.4 Å². The molecule has 0 aliphatic heterocycles. The molecule has 2 fully saturated rings. The molecule has 2 aliphatic rings. The van der Waals surface area contributed by atoms with Gasteiger partial charge in [0.2, 0.25) is 11.8 Å². The second-order valence-corrected chi connectivity index (χ2v) is 8.11. The molecule has 2 N–H and O–H groups in total. The lowest BCUT2D eigenvalue weighted by molar-refractivity contribution is -0.150. The Labute approximate surface area is 173 Å². The number of carbonyl (C=O) groups is 3. The van der Waals surface area contributed by atoms with Gasteiger partial charge in [0.05, 0.1) is 24.5 Å². The van der Waals surface area contributed by atoms with E-state index in [1.807, 2.05) is 6.08 Å². The van der Waals surface area contributed by atoms with Crippen molar-refractivity contribution in [1.82, 2.24) is 10.2 Å². The standard InChI is InChI=1S/C22H34N2O5/c1-5-8-9-10-11-24(4)20(27)18-13-16(25)12-17(18)19(26)23-22(14-15(22)6-2)21(28)29-7-3/h5-6,15-18,25H,1-2,7-14H2,3-4H3,(H,23,26)/t15-,16+,17-,18-,22-/m1/s1. The van der Waals surface area contributed by atoms with Gasteiger partial charge in [0.25, 0.3) is 0 Å². The van der Waals surface area contributed by atoms with Crippen molar-refractivity contribution in [1.29, 1.82) is 0 Å². The van der Waals surface area contributed by atoms with E-state index < -0.39 is 29.4 Å². The van der Waals surface area contributed by atoms with Gasteiger partial charge < -0.3 is 20.1 Å². The molecular weight excluding hydrogens is 372 g/mol.